The molecule has 2 aromatic rings. The fourth-order valence-corrected chi connectivity index (χ4v) is 3.69. The van der Waals surface area contributed by atoms with Gasteiger partial charge in [0.25, 0.3) is 11.8 Å². The Bertz CT molecular complexity index is 856. The van der Waals surface area contributed by atoms with Crippen molar-refractivity contribution in [1.82, 2.24) is 14.5 Å². The number of amides is 2. The lowest BCUT2D eigenvalue weighted by atomic mass is 10.1. The molecule has 1 aliphatic rings. The van der Waals surface area contributed by atoms with Crippen LogP contribution in [0.2, 0.25) is 0 Å². The molecule has 3 rings (SSSR count). The van der Waals surface area contributed by atoms with Gasteiger partial charge in [-0.3, -0.25) is 9.59 Å². The maximum Gasteiger partial charge on any atom is 0.291 e. The Hall–Kier alpha value is -2.63. The summed E-state index contributed by atoms with van der Waals surface area (Å²) in [5.41, 5.74) is 3.22. The number of nitrogens with one attached hydrogen (secondary N) is 1. The third-order valence-corrected chi connectivity index (χ3v) is 5.36. The number of imidazole rings is 1. The minimum atomic E-state index is -0.251. The van der Waals surface area contributed by atoms with E-state index >= 15 is 0 Å². The molecule has 0 saturated carbocycles. The molecule has 0 atom stereocenters. The molecule has 2 amide bonds. The van der Waals surface area contributed by atoms with Gasteiger partial charge in [-0.05, 0) is 43.7 Å². The number of hydrogen-bond donors (Lipinski definition) is 1. The van der Waals surface area contributed by atoms with Crippen molar-refractivity contribution in [1.29, 1.82) is 0 Å². The van der Waals surface area contributed by atoms with Gasteiger partial charge in [0.1, 0.15) is 5.69 Å². The summed E-state index contributed by atoms with van der Waals surface area (Å²) < 4.78 is 1.94. The molecule has 0 radical (unpaired) electrons. The molecule has 1 aromatic heterocycles. The highest BCUT2D eigenvalue weighted by molar-refractivity contribution is 6.04. The van der Waals surface area contributed by atoms with Crippen LogP contribution in [0.3, 0.4) is 0 Å². The van der Waals surface area contributed by atoms with Gasteiger partial charge in [-0.15, -0.1) is 0 Å². The maximum atomic E-state index is 13.0. The van der Waals surface area contributed by atoms with E-state index in [2.05, 4.69) is 24.1 Å². The normalized spacial score (nSPS) is 13.1. The smallest absolute Gasteiger partial charge is 0.291 e. The SMILES string of the molecule is CCCCN(C)C(=O)c1nc(C(=O)Nc2ccccc2CC)n2c1CCCC2. The fourth-order valence-electron chi connectivity index (χ4n) is 3.69. The van der Waals surface area contributed by atoms with Crippen LogP contribution in [0.5, 0.6) is 0 Å². The lowest BCUT2D eigenvalue weighted by Gasteiger charge is -2.19. The zero-order valence-corrected chi connectivity index (χ0v) is 17.1. The van der Waals surface area contributed by atoms with Crippen molar-refractivity contribution in [2.24, 2.45) is 0 Å². The molecule has 0 spiro atoms. The second-order valence-electron chi connectivity index (χ2n) is 7.38. The Morgan fingerprint density at radius 2 is 2.00 bits per heavy atom. The van der Waals surface area contributed by atoms with Gasteiger partial charge in [0.2, 0.25) is 0 Å². The Balaban J connectivity index is 1.90. The Labute approximate surface area is 166 Å². The first-order valence-corrected chi connectivity index (χ1v) is 10.3. The number of fused-ring (bicyclic) bond motifs is 1. The van der Waals surface area contributed by atoms with Gasteiger partial charge < -0.3 is 14.8 Å². The van der Waals surface area contributed by atoms with E-state index in [-0.39, 0.29) is 11.8 Å². The average Bonchev–Trinajstić information content (AvgIpc) is 3.11. The van der Waals surface area contributed by atoms with E-state index in [1.54, 1.807) is 4.90 Å². The largest absolute Gasteiger partial charge is 0.340 e. The van der Waals surface area contributed by atoms with Crippen LogP contribution in [0.25, 0.3) is 0 Å². The van der Waals surface area contributed by atoms with Crippen LogP contribution in [0.4, 0.5) is 5.69 Å². The van der Waals surface area contributed by atoms with E-state index in [0.29, 0.717) is 18.1 Å². The number of carbonyl (C=O) groups excluding carboxylic acids is 2. The summed E-state index contributed by atoms with van der Waals surface area (Å²) in [6.45, 7) is 5.60. The van der Waals surface area contributed by atoms with Crippen LogP contribution < -0.4 is 5.32 Å². The number of aromatic nitrogens is 2. The van der Waals surface area contributed by atoms with Crippen molar-refractivity contribution in [2.75, 3.05) is 18.9 Å². The maximum absolute atomic E-state index is 13.0. The van der Waals surface area contributed by atoms with Crippen LogP contribution in [-0.4, -0.2) is 39.9 Å². The first-order valence-electron chi connectivity index (χ1n) is 10.3. The monoisotopic (exact) mass is 382 g/mol. The molecule has 6 heteroatoms. The number of benzene rings is 1. The molecular formula is C22H30N4O2. The first kappa shape index (κ1) is 20.1. The lowest BCUT2D eigenvalue weighted by Crippen LogP contribution is -2.29. The van der Waals surface area contributed by atoms with E-state index < -0.39 is 0 Å². The predicted octanol–water partition coefficient (Wildman–Crippen LogP) is 3.91. The quantitative estimate of drug-likeness (QED) is 0.789. The van der Waals surface area contributed by atoms with Gasteiger partial charge in [0.05, 0.1) is 5.69 Å². The summed E-state index contributed by atoms with van der Waals surface area (Å²) in [5.74, 6) is -0.000678. The van der Waals surface area contributed by atoms with E-state index in [1.807, 2.05) is 35.9 Å². The molecule has 0 unspecified atom stereocenters. The topological polar surface area (TPSA) is 67.2 Å². The first-order chi connectivity index (χ1) is 13.6. The summed E-state index contributed by atoms with van der Waals surface area (Å²) in [6, 6.07) is 7.79. The van der Waals surface area contributed by atoms with E-state index in [1.165, 1.54) is 0 Å². The van der Waals surface area contributed by atoms with Gasteiger partial charge in [0.15, 0.2) is 5.82 Å². The molecule has 150 valence electrons. The molecule has 6 nitrogen and oxygen atoms in total. The summed E-state index contributed by atoms with van der Waals surface area (Å²) >= 11 is 0. The molecular weight excluding hydrogens is 352 g/mol. The van der Waals surface area contributed by atoms with Gasteiger partial charge in [0, 0.05) is 25.8 Å². The Morgan fingerprint density at radius 3 is 2.75 bits per heavy atom. The zero-order valence-electron chi connectivity index (χ0n) is 17.1. The summed E-state index contributed by atoms with van der Waals surface area (Å²) in [4.78, 5) is 32.2. The van der Waals surface area contributed by atoms with Crippen molar-refractivity contribution < 1.29 is 9.59 Å². The number of nitrogens with zero attached hydrogens (tertiary/aromatic N) is 3. The van der Waals surface area contributed by atoms with Crippen LogP contribution in [-0.2, 0) is 19.4 Å². The van der Waals surface area contributed by atoms with Crippen molar-refractivity contribution in [3.05, 3.63) is 47.0 Å². The minimum Gasteiger partial charge on any atom is -0.340 e. The Kier molecular flexibility index (Phi) is 6.49. The average molecular weight is 383 g/mol. The second kappa shape index (κ2) is 9.04. The van der Waals surface area contributed by atoms with Crippen LogP contribution >= 0.6 is 0 Å². The van der Waals surface area contributed by atoms with Crippen LogP contribution in [0, 0.1) is 0 Å². The standard InChI is InChI=1S/C22H30N4O2/c1-4-6-14-25(3)22(28)19-18-13-9-10-15-26(18)20(24-19)21(27)23-17-12-8-7-11-16(17)5-2/h7-8,11-12H,4-6,9-10,13-15H2,1-3H3,(H,23,27). The van der Waals surface area contributed by atoms with Crippen molar-refractivity contribution >= 4 is 17.5 Å². The van der Waals surface area contributed by atoms with Gasteiger partial charge in [-0.1, -0.05) is 38.5 Å². The number of carbonyl (C=O) groups is 2. The minimum absolute atomic E-state index is 0.0906. The van der Waals surface area contributed by atoms with E-state index in [0.717, 1.165) is 62.0 Å². The summed E-state index contributed by atoms with van der Waals surface area (Å²) in [7, 11) is 1.81. The van der Waals surface area contributed by atoms with Crippen molar-refractivity contribution in [2.45, 2.75) is 58.9 Å². The van der Waals surface area contributed by atoms with Gasteiger partial charge >= 0.3 is 0 Å². The second-order valence-corrected chi connectivity index (χ2v) is 7.38. The van der Waals surface area contributed by atoms with Crippen LogP contribution in [0.1, 0.15) is 71.9 Å². The number of anilines is 1. The molecule has 0 bridgehead atoms. The van der Waals surface area contributed by atoms with Crippen LogP contribution in [0.15, 0.2) is 24.3 Å². The number of unbranched alkanes of at least 4 members (excludes halogenated alkanes) is 1. The highest BCUT2D eigenvalue weighted by atomic mass is 16.2. The van der Waals surface area contributed by atoms with E-state index in [9.17, 15) is 9.59 Å². The predicted molar refractivity (Wildman–Crippen MR) is 111 cm³/mol. The summed E-state index contributed by atoms with van der Waals surface area (Å²) in [6.07, 6.45) is 5.62. The Morgan fingerprint density at radius 1 is 1.21 bits per heavy atom. The van der Waals surface area contributed by atoms with E-state index in [4.69, 9.17) is 0 Å². The third-order valence-electron chi connectivity index (χ3n) is 5.36. The number of aryl methyl sites for hydroxylation is 1. The van der Waals surface area contributed by atoms with Gasteiger partial charge in [-0.2, -0.15) is 0 Å². The molecule has 28 heavy (non-hydrogen) atoms. The molecule has 0 fully saturated rings. The molecule has 0 saturated heterocycles. The lowest BCUT2D eigenvalue weighted by molar-refractivity contribution is 0.0786. The molecule has 1 aliphatic heterocycles. The highest BCUT2D eigenvalue weighted by Gasteiger charge is 2.29. The molecule has 1 N–H and O–H groups in total. The van der Waals surface area contributed by atoms with Gasteiger partial charge in [-0.25, -0.2) is 4.98 Å². The number of para-hydroxylation sites is 1. The fraction of sp³-hybridized carbons (Fsp3) is 0.500. The highest BCUT2D eigenvalue weighted by Crippen LogP contribution is 2.24. The number of hydrogen-bond acceptors (Lipinski definition) is 3. The molecule has 2 heterocycles. The molecule has 0 aliphatic carbocycles. The van der Waals surface area contributed by atoms with Crippen molar-refractivity contribution in [3.8, 4) is 0 Å². The zero-order chi connectivity index (χ0) is 20.1. The number of rotatable bonds is 7. The molecule has 1 aromatic carbocycles. The van der Waals surface area contributed by atoms with Crippen molar-refractivity contribution in [3.63, 3.8) is 0 Å². The summed E-state index contributed by atoms with van der Waals surface area (Å²) in [5, 5.41) is 3.00. The third kappa shape index (κ3) is 4.11.